The Labute approximate surface area is 93.4 Å². The average molecular weight is 212 g/mol. The first kappa shape index (κ1) is 12.5. The van der Waals surface area contributed by atoms with Gasteiger partial charge in [-0.05, 0) is 13.0 Å². The molecule has 0 N–H and O–H groups in total. The van der Waals surface area contributed by atoms with Crippen LogP contribution in [0.3, 0.4) is 0 Å². The molecule has 1 aliphatic rings. The lowest BCUT2D eigenvalue weighted by molar-refractivity contribution is -0.140. The van der Waals surface area contributed by atoms with Crippen LogP contribution in [0.4, 0.5) is 0 Å². The lowest BCUT2D eigenvalue weighted by Crippen LogP contribution is -2.56. The summed E-state index contributed by atoms with van der Waals surface area (Å²) >= 11 is 0. The number of carbonyl (C=O) groups is 1. The number of carbonyl (C=O) groups excluding carboxylic acids is 1. The first-order valence-corrected chi connectivity index (χ1v) is 5.92. The molecule has 15 heavy (non-hydrogen) atoms. The lowest BCUT2D eigenvalue weighted by atomic mass is 9.98. The second-order valence-electron chi connectivity index (χ2n) is 5.26. The highest BCUT2D eigenvalue weighted by Crippen LogP contribution is 2.18. The minimum atomic E-state index is 0.120. The number of likely N-dealkylation sites (N-methyl/N-ethyl adjacent to an activating group) is 1. The van der Waals surface area contributed by atoms with Crippen LogP contribution < -0.4 is 0 Å². The fourth-order valence-electron chi connectivity index (χ4n) is 2.13. The Kier molecular flexibility index (Phi) is 4.14. The maximum Gasteiger partial charge on any atom is 0.225 e. The molecule has 1 rings (SSSR count). The van der Waals surface area contributed by atoms with E-state index in [0.717, 1.165) is 19.6 Å². The van der Waals surface area contributed by atoms with Gasteiger partial charge < -0.3 is 9.80 Å². The Morgan fingerprint density at radius 3 is 2.27 bits per heavy atom. The average Bonchev–Trinajstić information content (AvgIpc) is 2.16. The largest absolute Gasteiger partial charge is 0.337 e. The van der Waals surface area contributed by atoms with Crippen molar-refractivity contribution in [1.82, 2.24) is 9.80 Å². The Morgan fingerprint density at radius 2 is 1.80 bits per heavy atom. The smallest absolute Gasteiger partial charge is 0.225 e. The molecular weight excluding hydrogens is 188 g/mol. The normalized spacial score (nSPS) is 23.9. The molecule has 0 saturated carbocycles. The maximum atomic E-state index is 12.0. The number of amides is 1. The summed E-state index contributed by atoms with van der Waals surface area (Å²) in [6.07, 6.45) is 0. The van der Waals surface area contributed by atoms with Crippen molar-refractivity contribution in [2.24, 2.45) is 11.8 Å². The molecule has 0 aromatic heterocycles. The third-order valence-electron chi connectivity index (χ3n) is 3.17. The highest BCUT2D eigenvalue weighted by Gasteiger charge is 2.31. The summed E-state index contributed by atoms with van der Waals surface area (Å²) in [4.78, 5) is 16.4. The monoisotopic (exact) mass is 212 g/mol. The Morgan fingerprint density at radius 1 is 1.20 bits per heavy atom. The van der Waals surface area contributed by atoms with E-state index in [1.807, 2.05) is 13.8 Å². The Balaban J connectivity index is 2.72. The van der Waals surface area contributed by atoms with Gasteiger partial charge in [0.2, 0.25) is 5.91 Å². The summed E-state index contributed by atoms with van der Waals surface area (Å²) in [6.45, 7) is 11.3. The van der Waals surface area contributed by atoms with E-state index in [9.17, 15) is 4.79 Å². The topological polar surface area (TPSA) is 23.6 Å². The van der Waals surface area contributed by atoms with Gasteiger partial charge in [-0.25, -0.2) is 0 Å². The van der Waals surface area contributed by atoms with Crippen molar-refractivity contribution >= 4 is 5.91 Å². The van der Waals surface area contributed by atoms with Crippen molar-refractivity contribution in [1.29, 1.82) is 0 Å². The first-order chi connectivity index (χ1) is 6.93. The van der Waals surface area contributed by atoms with E-state index in [1.54, 1.807) is 0 Å². The van der Waals surface area contributed by atoms with Crippen LogP contribution in [-0.2, 0) is 4.79 Å². The summed E-state index contributed by atoms with van der Waals surface area (Å²) in [7, 11) is 2.13. The van der Waals surface area contributed by atoms with Gasteiger partial charge in [0.25, 0.3) is 0 Å². The Hall–Kier alpha value is -0.570. The van der Waals surface area contributed by atoms with Crippen molar-refractivity contribution in [2.75, 3.05) is 26.7 Å². The van der Waals surface area contributed by atoms with Crippen LogP contribution in [0.15, 0.2) is 0 Å². The molecule has 1 aliphatic heterocycles. The van der Waals surface area contributed by atoms with Crippen LogP contribution in [-0.4, -0.2) is 48.4 Å². The van der Waals surface area contributed by atoms with Crippen molar-refractivity contribution in [2.45, 2.75) is 33.7 Å². The number of piperazine rings is 1. The molecule has 1 atom stereocenters. The quantitative estimate of drug-likeness (QED) is 0.691. The fourth-order valence-corrected chi connectivity index (χ4v) is 2.13. The second-order valence-corrected chi connectivity index (χ2v) is 5.26. The van der Waals surface area contributed by atoms with Crippen molar-refractivity contribution in [3.8, 4) is 0 Å². The molecule has 1 heterocycles. The third-order valence-corrected chi connectivity index (χ3v) is 3.17. The van der Waals surface area contributed by atoms with Crippen LogP contribution in [0.2, 0.25) is 0 Å². The standard InChI is InChI=1S/C12H24N2O/c1-9(2)11-8-13(5)6-7-14(11)12(15)10(3)4/h9-11H,6-8H2,1-5H3/t11-/m1/s1. The van der Waals surface area contributed by atoms with Crippen LogP contribution >= 0.6 is 0 Å². The SMILES string of the molecule is CC(C)C(=O)N1CCN(C)C[C@@H]1C(C)C. The van der Waals surface area contributed by atoms with E-state index in [1.165, 1.54) is 0 Å². The van der Waals surface area contributed by atoms with E-state index in [-0.39, 0.29) is 5.92 Å². The van der Waals surface area contributed by atoms with Crippen molar-refractivity contribution < 1.29 is 4.79 Å². The minimum absolute atomic E-state index is 0.120. The van der Waals surface area contributed by atoms with E-state index >= 15 is 0 Å². The van der Waals surface area contributed by atoms with Crippen molar-refractivity contribution in [3.63, 3.8) is 0 Å². The van der Waals surface area contributed by atoms with E-state index in [0.29, 0.717) is 17.9 Å². The molecule has 0 bridgehead atoms. The zero-order chi connectivity index (χ0) is 11.6. The van der Waals surface area contributed by atoms with E-state index in [2.05, 4.69) is 30.7 Å². The Bertz CT molecular complexity index is 226. The second kappa shape index (κ2) is 4.97. The summed E-state index contributed by atoms with van der Waals surface area (Å²) in [5.41, 5.74) is 0. The molecule has 3 nitrogen and oxygen atoms in total. The number of rotatable bonds is 2. The molecular formula is C12H24N2O. The first-order valence-electron chi connectivity index (χ1n) is 5.92. The molecule has 3 heteroatoms. The van der Waals surface area contributed by atoms with Gasteiger partial charge >= 0.3 is 0 Å². The fraction of sp³-hybridized carbons (Fsp3) is 0.917. The molecule has 0 radical (unpaired) electrons. The number of hydrogen-bond acceptors (Lipinski definition) is 2. The van der Waals surface area contributed by atoms with E-state index in [4.69, 9.17) is 0 Å². The van der Waals surface area contributed by atoms with Crippen LogP contribution in [0.25, 0.3) is 0 Å². The molecule has 1 amide bonds. The molecule has 0 spiro atoms. The molecule has 1 saturated heterocycles. The zero-order valence-corrected chi connectivity index (χ0v) is 10.7. The molecule has 0 aromatic carbocycles. The number of nitrogens with zero attached hydrogens (tertiary/aromatic N) is 2. The number of hydrogen-bond donors (Lipinski definition) is 0. The van der Waals surface area contributed by atoms with Gasteiger partial charge in [-0.3, -0.25) is 4.79 Å². The molecule has 88 valence electrons. The lowest BCUT2D eigenvalue weighted by Gasteiger charge is -2.43. The molecule has 0 aliphatic carbocycles. The van der Waals surface area contributed by atoms with Gasteiger partial charge in [0.1, 0.15) is 0 Å². The summed E-state index contributed by atoms with van der Waals surface area (Å²) in [5, 5.41) is 0. The maximum absolute atomic E-state index is 12.0. The third kappa shape index (κ3) is 2.94. The molecule has 0 unspecified atom stereocenters. The van der Waals surface area contributed by atoms with Crippen LogP contribution in [0.1, 0.15) is 27.7 Å². The minimum Gasteiger partial charge on any atom is -0.337 e. The highest BCUT2D eigenvalue weighted by molar-refractivity contribution is 5.78. The molecule has 1 fully saturated rings. The summed E-state index contributed by atoms with van der Waals surface area (Å²) in [5.74, 6) is 0.965. The predicted octanol–water partition coefficient (Wildman–Crippen LogP) is 1.44. The van der Waals surface area contributed by atoms with Gasteiger partial charge in [0.15, 0.2) is 0 Å². The molecule has 0 aromatic rings. The van der Waals surface area contributed by atoms with Crippen LogP contribution in [0.5, 0.6) is 0 Å². The predicted molar refractivity (Wildman–Crippen MR) is 62.7 cm³/mol. The van der Waals surface area contributed by atoms with Gasteiger partial charge in [0, 0.05) is 31.6 Å². The zero-order valence-electron chi connectivity index (χ0n) is 10.7. The van der Waals surface area contributed by atoms with E-state index < -0.39 is 0 Å². The van der Waals surface area contributed by atoms with Gasteiger partial charge in [0.05, 0.1) is 0 Å². The van der Waals surface area contributed by atoms with Crippen LogP contribution in [0, 0.1) is 11.8 Å². The van der Waals surface area contributed by atoms with Gasteiger partial charge in [-0.1, -0.05) is 27.7 Å². The van der Waals surface area contributed by atoms with Gasteiger partial charge in [-0.2, -0.15) is 0 Å². The summed E-state index contributed by atoms with van der Waals surface area (Å²) < 4.78 is 0. The summed E-state index contributed by atoms with van der Waals surface area (Å²) in [6, 6.07) is 0.388. The van der Waals surface area contributed by atoms with Crippen molar-refractivity contribution in [3.05, 3.63) is 0 Å². The highest BCUT2D eigenvalue weighted by atomic mass is 16.2. The van der Waals surface area contributed by atoms with Gasteiger partial charge in [-0.15, -0.1) is 0 Å².